The highest BCUT2D eigenvalue weighted by Gasteiger charge is 2.17. The number of anilines is 1. The van der Waals surface area contributed by atoms with E-state index in [0.29, 0.717) is 0 Å². The fourth-order valence-corrected chi connectivity index (χ4v) is 2.61. The third-order valence-electron chi connectivity index (χ3n) is 3.55. The molecule has 2 N–H and O–H groups in total. The fraction of sp³-hybridized carbons (Fsp3) is 0.429. The van der Waals surface area contributed by atoms with Crippen LogP contribution in [0.1, 0.15) is 23.6 Å². The highest BCUT2D eigenvalue weighted by Crippen LogP contribution is 2.29. The van der Waals surface area contributed by atoms with Crippen molar-refractivity contribution in [1.29, 1.82) is 0 Å². The van der Waals surface area contributed by atoms with Crippen LogP contribution in [0.3, 0.4) is 0 Å². The first-order valence-corrected chi connectivity index (χ1v) is 6.79. The molecule has 0 saturated heterocycles. The molecule has 0 aromatic carbocycles. The topological polar surface area (TPSA) is 48.8 Å². The maximum absolute atomic E-state index is 6.08. The summed E-state index contributed by atoms with van der Waals surface area (Å²) in [6.45, 7) is 8.92. The van der Waals surface area contributed by atoms with Crippen LogP contribution in [0.4, 0.5) is 5.82 Å². The lowest BCUT2D eigenvalue weighted by molar-refractivity contribution is 0.670. The molecule has 2 heterocycles. The molecule has 0 spiro atoms. The lowest BCUT2D eigenvalue weighted by Crippen LogP contribution is -2.05. The Labute approximate surface area is 118 Å². The first-order valence-electron chi connectivity index (χ1n) is 6.39. The van der Waals surface area contributed by atoms with Crippen LogP contribution in [0.15, 0.2) is 6.07 Å². The molecule has 5 heteroatoms. The first kappa shape index (κ1) is 13.8. The number of nitrogen functional groups attached to an aromatic ring is 1. The van der Waals surface area contributed by atoms with Gasteiger partial charge in [-0.25, -0.2) is 4.68 Å². The molecule has 0 saturated carbocycles. The maximum atomic E-state index is 6.08. The molecule has 0 unspecified atom stereocenters. The minimum Gasteiger partial charge on any atom is -0.384 e. The number of hydrogen-bond acceptors (Lipinski definition) is 3. The molecule has 0 radical (unpaired) electrons. The van der Waals surface area contributed by atoms with E-state index in [0.717, 1.165) is 45.1 Å². The molecule has 0 aliphatic rings. The van der Waals surface area contributed by atoms with Crippen molar-refractivity contribution in [2.75, 3.05) is 5.73 Å². The average molecular weight is 276 g/mol. The van der Waals surface area contributed by atoms with Crippen molar-refractivity contribution >= 4 is 18.0 Å². The van der Waals surface area contributed by atoms with Gasteiger partial charge in [0, 0.05) is 19.2 Å². The third-order valence-corrected chi connectivity index (χ3v) is 4.14. The predicted molar refractivity (Wildman–Crippen MR) is 81.8 cm³/mol. The molecule has 0 atom stereocenters. The van der Waals surface area contributed by atoms with Gasteiger partial charge in [0.25, 0.3) is 0 Å². The second-order valence-electron chi connectivity index (χ2n) is 4.90. The standard InChI is InChI=1S/C14H20N4S/c1-6-18-13(15)10(4)11(16-18)12-8(2)7-9(3)14(19)17(12)5/h7H,6,15H2,1-5H3. The van der Waals surface area contributed by atoms with Crippen LogP contribution < -0.4 is 5.73 Å². The van der Waals surface area contributed by atoms with Crippen LogP contribution in [0.25, 0.3) is 11.4 Å². The normalized spacial score (nSPS) is 11.0. The number of hydrogen-bond donors (Lipinski definition) is 1. The maximum Gasteiger partial charge on any atom is 0.125 e. The third kappa shape index (κ3) is 2.08. The zero-order valence-corrected chi connectivity index (χ0v) is 12.9. The Morgan fingerprint density at radius 2 is 1.89 bits per heavy atom. The van der Waals surface area contributed by atoms with E-state index in [1.165, 1.54) is 0 Å². The predicted octanol–water partition coefficient (Wildman–Crippen LogP) is 3.15. The molecule has 19 heavy (non-hydrogen) atoms. The van der Waals surface area contributed by atoms with Gasteiger partial charge >= 0.3 is 0 Å². The summed E-state index contributed by atoms with van der Waals surface area (Å²) in [5.41, 5.74) is 11.3. The van der Waals surface area contributed by atoms with Crippen LogP contribution in [-0.4, -0.2) is 14.3 Å². The van der Waals surface area contributed by atoms with Gasteiger partial charge in [0.05, 0.1) is 5.69 Å². The van der Waals surface area contributed by atoms with E-state index in [1.807, 2.05) is 37.1 Å². The molecule has 2 rings (SSSR count). The summed E-state index contributed by atoms with van der Waals surface area (Å²) in [4.78, 5) is 0. The minimum atomic E-state index is 0.725. The van der Waals surface area contributed by atoms with Crippen molar-refractivity contribution in [3.63, 3.8) is 0 Å². The number of nitrogens with two attached hydrogens (primary N) is 1. The Morgan fingerprint density at radius 3 is 2.42 bits per heavy atom. The van der Waals surface area contributed by atoms with E-state index >= 15 is 0 Å². The minimum absolute atomic E-state index is 0.725. The zero-order valence-electron chi connectivity index (χ0n) is 12.1. The molecule has 2 aromatic heterocycles. The Kier molecular flexibility index (Phi) is 3.49. The summed E-state index contributed by atoms with van der Waals surface area (Å²) in [5.74, 6) is 0.725. The van der Waals surface area contributed by atoms with Gasteiger partial charge in [-0.05, 0) is 38.8 Å². The van der Waals surface area contributed by atoms with E-state index in [4.69, 9.17) is 18.0 Å². The van der Waals surface area contributed by atoms with Gasteiger partial charge < -0.3 is 10.3 Å². The van der Waals surface area contributed by atoms with Gasteiger partial charge in [-0.2, -0.15) is 5.10 Å². The number of rotatable bonds is 2. The van der Waals surface area contributed by atoms with E-state index < -0.39 is 0 Å². The van der Waals surface area contributed by atoms with Crippen LogP contribution in [0.2, 0.25) is 0 Å². The van der Waals surface area contributed by atoms with Crippen molar-refractivity contribution in [1.82, 2.24) is 14.3 Å². The Balaban J connectivity index is 2.80. The Morgan fingerprint density at radius 1 is 1.26 bits per heavy atom. The SMILES string of the molecule is CCn1nc(-c2c(C)cc(C)c(=S)n2C)c(C)c1N. The second-order valence-corrected chi connectivity index (χ2v) is 5.28. The summed E-state index contributed by atoms with van der Waals surface area (Å²) >= 11 is 5.45. The molecule has 102 valence electrons. The number of pyridine rings is 1. The van der Waals surface area contributed by atoms with Gasteiger partial charge in [-0.15, -0.1) is 0 Å². The molecule has 2 aromatic rings. The van der Waals surface area contributed by atoms with Gasteiger partial charge in [0.1, 0.15) is 16.2 Å². The molecular formula is C14H20N4S. The molecule has 0 amide bonds. The summed E-state index contributed by atoms with van der Waals surface area (Å²) in [7, 11) is 1.98. The largest absolute Gasteiger partial charge is 0.384 e. The molecular weight excluding hydrogens is 256 g/mol. The van der Waals surface area contributed by atoms with Crippen LogP contribution >= 0.6 is 12.2 Å². The molecule has 4 nitrogen and oxygen atoms in total. The van der Waals surface area contributed by atoms with E-state index in [2.05, 4.69) is 18.1 Å². The van der Waals surface area contributed by atoms with Crippen molar-refractivity contribution < 1.29 is 0 Å². The summed E-state index contributed by atoms with van der Waals surface area (Å²) in [5, 5.41) is 4.62. The second kappa shape index (κ2) is 4.81. The van der Waals surface area contributed by atoms with Gasteiger partial charge in [0.2, 0.25) is 0 Å². The molecule has 0 aliphatic heterocycles. The van der Waals surface area contributed by atoms with Gasteiger partial charge in [-0.3, -0.25) is 0 Å². The van der Waals surface area contributed by atoms with E-state index in [9.17, 15) is 0 Å². The van der Waals surface area contributed by atoms with E-state index in [-0.39, 0.29) is 0 Å². The van der Waals surface area contributed by atoms with Gasteiger partial charge in [0.15, 0.2) is 0 Å². The highest BCUT2D eigenvalue weighted by atomic mass is 32.1. The van der Waals surface area contributed by atoms with Crippen LogP contribution in [0, 0.1) is 25.4 Å². The van der Waals surface area contributed by atoms with Crippen molar-refractivity contribution in [2.24, 2.45) is 7.05 Å². The van der Waals surface area contributed by atoms with Crippen molar-refractivity contribution in [2.45, 2.75) is 34.2 Å². The zero-order chi connectivity index (χ0) is 14.3. The van der Waals surface area contributed by atoms with Crippen molar-refractivity contribution in [3.05, 3.63) is 27.4 Å². The number of nitrogens with zero attached hydrogens (tertiary/aromatic N) is 3. The lowest BCUT2D eigenvalue weighted by Gasteiger charge is -2.13. The number of aromatic nitrogens is 3. The quantitative estimate of drug-likeness (QED) is 0.857. The van der Waals surface area contributed by atoms with Crippen molar-refractivity contribution in [3.8, 4) is 11.4 Å². The average Bonchev–Trinajstić information content (AvgIpc) is 2.64. The summed E-state index contributed by atoms with van der Waals surface area (Å²) < 4.78 is 4.69. The summed E-state index contributed by atoms with van der Waals surface area (Å²) in [6, 6.07) is 2.11. The summed E-state index contributed by atoms with van der Waals surface area (Å²) in [6.07, 6.45) is 0. The first-order chi connectivity index (χ1) is 8.88. The smallest absolute Gasteiger partial charge is 0.125 e. The van der Waals surface area contributed by atoms with E-state index in [1.54, 1.807) is 0 Å². The molecule has 0 bridgehead atoms. The Bertz CT molecular complexity index is 694. The molecule has 0 aliphatic carbocycles. The van der Waals surface area contributed by atoms with Gasteiger partial charge in [-0.1, -0.05) is 18.3 Å². The van der Waals surface area contributed by atoms with Crippen LogP contribution in [-0.2, 0) is 13.6 Å². The Hall–Kier alpha value is -1.62. The van der Waals surface area contributed by atoms with Crippen LogP contribution in [0.5, 0.6) is 0 Å². The highest BCUT2D eigenvalue weighted by molar-refractivity contribution is 7.71. The fourth-order valence-electron chi connectivity index (χ4n) is 2.46. The number of aryl methyl sites for hydroxylation is 3. The monoisotopic (exact) mass is 276 g/mol. The lowest BCUT2D eigenvalue weighted by atomic mass is 10.1. The molecule has 0 fully saturated rings.